The van der Waals surface area contributed by atoms with Gasteiger partial charge in [0.05, 0.1) is 6.73 Å². The SMILES string of the molecule is NCOBC(O)C(=O)O. The molecule has 0 radical (unpaired) electrons. The molecule has 0 aliphatic carbocycles. The Kier molecular flexibility index (Phi) is 4.03. The van der Waals surface area contributed by atoms with Gasteiger partial charge >= 0.3 is 13.5 Å². The van der Waals surface area contributed by atoms with E-state index in [0.717, 1.165) is 0 Å². The van der Waals surface area contributed by atoms with E-state index in [2.05, 4.69) is 4.65 Å². The number of carboxylic acid groups (broad SMARTS) is 1. The van der Waals surface area contributed by atoms with Gasteiger partial charge in [-0.05, 0) is 0 Å². The van der Waals surface area contributed by atoms with Gasteiger partial charge in [-0.3, -0.25) is 4.79 Å². The zero-order chi connectivity index (χ0) is 7.28. The first kappa shape index (κ1) is 8.41. The van der Waals surface area contributed by atoms with E-state index in [0.29, 0.717) is 0 Å². The van der Waals surface area contributed by atoms with Crippen molar-refractivity contribution in [2.45, 2.75) is 6.00 Å². The number of hydrogen-bond donors (Lipinski definition) is 3. The highest BCUT2D eigenvalue weighted by Crippen LogP contribution is 1.78. The average molecular weight is 133 g/mol. The van der Waals surface area contributed by atoms with E-state index in [1.165, 1.54) is 0 Å². The molecule has 0 amide bonds. The first-order valence-electron chi connectivity index (χ1n) is 2.37. The Balaban J connectivity index is 3.27. The van der Waals surface area contributed by atoms with Crippen LogP contribution in [-0.2, 0) is 9.45 Å². The third-order valence-electron chi connectivity index (χ3n) is 0.679. The number of aliphatic carboxylic acids is 1. The maximum Gasteiger partial charge on any atom is 0.327 e. The Hall–Kier alpha value is -0.585. The molecule has 0 saturated carbocycles. The maximum atomic E-state index is 9.83. The van der Waals surface area contributed by atoms with Crippen LogP contribution in [0.5, 0.6) is 0 Å². The third-order valence-corrected chi connectivity index (χ3v) is 0.679. The minimum Gasteiger partial charge on any atom is -0.480 e. The lowest BCUT2D eigenvalue weighted by Crippen LogP contribution is -2.29. The van der Waals surface area contributed by atoms with E-state index in [4.69, 9.17) is 15.9 Å². The number of carboxylic acids is 1. The zero-order valence-electron chi connectivity index (χ0n) is 4.78. The Morgan fingerprint density at radius 2 is 2.44 bits per heavy atom. The summed E-state index contributed by atoms with van der Waals surface area (Å²) in [6.45, 7) is -0.0790. The molecule has 0 aromatic heterocycles. The fourth-order valence-corrected chi connectivity index (χ4v) is 0.251. The summed E-state index contributed by atoms with van der Waals surface area (Å²) in [6, 6.07) is -1.46. The minimum atomic E-state index is -1.46. The number of nitrogens with two attached hydrogens (primary N) is 1. The van der Waals surface area contributed by atoms with Gasteiger partial charge in [0.1, 0.15) is 0 Å². The first-order valence-corrected chi connectivity index (χ1v) is 2.37. The molecule has 1 unspecified atom stereocenters. The summed E-state index contributed by atoms with van der Waals surface area (Å²) >= 11 is 0. The highest BCUT2D eigenvalue weighted by molar-refractivity contribution is 6.35. The monoisotopic (exact) mass is 133 g/mol. The second-order valence-corrected chi connectivity index (χ2v) is 1.39. The summed E-state index contributed by atoms with van der Waals surface area (Å²) in [4.78, 5) is 9.83. The number of hydrogen-bond acceptors (Lipinski definition) is 4. The van der Waals surface area contributed by atoms with Crippen molar-refractivity contribution in [3.8, 4) is 0 Å². The number of aliphatic hydroxyl groups excluding tert-OH is 1. The second-order valence-electron chi connectivity index (χ2n) is 1.39. The fraction of sp³-hybridized carbons (Fsp3) is 0.667. The third kappa shape index (κ3) is 3.95. The van der Waals surface area contributed by atoms with Gasteiger partial charge in [0.25, 0.3) is 0 Å². The van der Waals surface area contributed by atoms with E-state index >= 15 is 0 Å². The molecule has 0 saturated heterocycles. The van der Waals surface area contributed by atoms with E-state index in [9.17, 15) is 4.79 Å². The van der Waals surface area contributed by atoms with Crippen LogP contribution in [0.25, 0.3) is 0 Å². The standard InChI is InChI=1S/C3H8BNO4/c5-1-9-4-2(6)3(7)8/h2,4,6H,1,5H2,(H,7,8). The number of aliphatic hydroxyl groups is 1. The smallest absolute Gasteiger partial charge is 0.327 e. The van der Waals surface area contributed by atoms with E-state index in [-0.39, 0.29) is 14.2 Å². The van der Waals surface area contributed by atoms with Crippen LogP contribution in [0.2, 0.25) is 0 Å². The quantitative estimate of drug-likeness (QED) is 0.295. The van der Waals surface area contributed by atoms with Gasteiger partial charge in [-0.15, -0.1) is 0 Å². The molecule has 0 bridgehead atoms. The largest absolute Gasteiger partial charge is 0.480 e. The van der Waals surface area contributed by atoms with Gasteiger partial charge in [0, 0.05) is 0 Å². The van der Waals surface area contributed by atoms with Crippen molar-refractivity contribution in [1.29, 1.82) is 0 Å². The van der Waals surface area contributed by atoms with Crippen LogP contribution in [0, 0.1) is 0 Å². The van der Waals surface area contributed by atoms with Crippen LogP contribution in [-0.4, -0.2) is 36.4 Å². The predicted octanol–water partition coefficient (Wildman–Crippen LogP) is -2.33. The molecule has 1 atom stereocenters. The summed E-state index contributed by atoms with van der Waals surface area (Å²) in [5.41, 5.74) is 4.85. The first-order chi connectivity index (χ1) is 4.18. The Bertz CT molecular complexity index is 97.8. The molecule has 0 aromatic carbocycles. The lowest BCUT2D eigenvalue weighted by molar-refractivity contribution is -0.142. The molecule has 4 N–H and O–H groups in total. The van der Waals surface area contributed by atoms with Crippen LogP contribution < -0.4 is 5.73 Å². The van der Waals surface area contributed by atoms with Gasteiger partial charge in [0.15, 0.2) is 6.00 Å². The molecule has 0 aromatic rings. The van der Waals surface area contributed by atoms with E-state index in [1.807, 2.05) is 0 Å². The van der Waals surface area contributed by atoms with Crippen LogP contribution in [0.15, 0.2) is 0 Å². The highest BCUT2D eigenvalue weighted by Gasteiger charge is 2.14. The van der Waals surface area contributed by atoms with Gasteiger partial charge in [-0.25, -0.2) is 0 Å². The predicted molar refractivity (Wildman–Crippen MR) is 30.9 cm³/mol. The van der Waals surface area contributed by atoms with E-state index in [1.54, 1.807) is 0 Å². The molecule has 0 spiro atoms. The molecule has 5 nitrogen and oxygen atoms in total. The fourth-order valence-electron chi connectivity index (χ4n) is 0.251. The van der Waals surface area contributed by atoms with Crippen LogP contribution in [0.4, 0.5) is 0 Å². The molecule has 6 heteroatoms. The zero-order valence-corrected chi connectivity index (χ0v) is 4.78. The van der Waals surface area contributed by atoms with Crippen LogP contribution in [0.3, 0.4) is 0 Å². The van der Waals surface area contributed by atoms with Crippen molar-refractivity contribution in [2.75, 3.05) is 6.73 Å². The number of carbonyl (C=O) groups is 1. The van der Waals surface area contributed by atoms with E-state index < -0.39 is 12.0 Å². The summed E-state index contributed by atoms with van der Waals surface area (Å²) in [7, 11) is -0.258. The second kappa shape index (κ2) is 4.31. The molecule has 9 heavy (non-hydrogen) atoms. The molecule has 0 fully saturated rings. The Labute approximate surface area is 52.7 Å². The van der Waals surface area contributed by atoms with Gasteiger partial charge in [0.2, 0.25) is 0 Å². The Morgan fingerprint density at radius 3 is 2.78 bits per heavy atom. The summed E-state index contributed by atoms with van der Waals surface area (Å²) < 4.78 is 4.40. The summed E-state index contributed by atoms with van der Waals surface area (Å²) in [5.74, 6) is -1.30. The summed E-state index contributed by atoms with van der Waals surface area (Å²) in [6.07, 6.45) is 0. The van der Waals surface area contributed by atoms with Crippen molar-refractivity contribution in [2.24, 2.45) is 5.73 Å². The molecular formula is C3H8BNO4. The summed E-state index contributed by atoms with van der Waals surface area (Å²) in [5, 5.41) is 16.5. The normalized spacial score (nSPS) is 12.7. The van der Waals surface area contributed by atoms with Gasteiger partial charge in [-0.2, -0.15) is 0 Å². The lowest BCUT2D eigenvalue weighted by atomic mass is 9.91. The topological polar surface area (TPSA) is 92.8 Å². The van der Waals surface area contributed by atoms with Crippen molar-refractivity contribution in [3.63, 3.8) is 0 Å². The average Bonchev–Trinajstić information content (AvgIpc) is 1.82. The number of rotatable bonds is 4. The molecule has 0 heterocycles. The molecule has 52 valence electrons. The van der Waals surface area contributed by atoms with Gasteiger partial charge in [-0.1, -0.05) is 0 Å². The van der Waals surface area contributed by atoms with Crippen LogP contribution in [0.1, 0.15) is 0 Å². The molecule has 0 aliphatic rings. The van der Waals surface area contributed by atoms with Crippen molar-refractivity contribution in [1.82, 2.24) is 0 Å². The minimum absolute atomic E-state index is 0.0790. The highest BCUT2D eigenvalue weighted by atomic mass is 16.5. The lowest BCUT2D eigenvalue weighted by Gasteiger charge is -2.00. The van der Waals surface area contributed by atoms with Crippen molar-refractivity contribution in [3.05, 3.63) is 0 Å². The van der Waals surface area contributed by atoms with Gasteiger partial charge < -0.3 is 20.6 Å². The van der Waals surface area contributed by atoms with Crippen molar-refractivity contribution < 1.29 is 19.7 Å². The molecule has 0 rings (SSSR count). The molecular weight excluding hydrogens is 125 g/mol. The Morgan fingerprint density at radius 1 is 1.89 bits per heavy atom. The maximum absolute atomic E-state index is 9.83. The van der Waals surface area contributed by atoms with Crippen molar-refractivity contribution >= 4 is 13.5 Å². The molecule has 0 aliphatic heterocycles. The van der Waals surface area contributed by atoms with Crippen LogP contribution >= 0.6 is 0 Å².